The van der Waals surface area contributed by atoms with Crippen molar-refractivity contribution in [3.05, 3.63) is 59.7 Å². The first-order valence-electron chi connectivity index (χ1n) is 9.70. The molecule has 0 bridgehead atoms. The molecule has 9 heteroatoms. The summed E-state index contributed by atoms with van der Waals surface area (Å²) in [6.45, 7) is 1.25. The van der Waals surface area contributed by atoms with Gasteiger partial charge in [0.05, 0.1) is 11.3 Å². The lowest BCUT2D eigenvalue weighted by Gasteiger charge is -2.13. The number of nitrogens with one attached hydrogen (secondary N) is 2. The summed E-state index contributed by atoms with van der Waals surface area (Å²) >= 11 is 0. The third-order valence-corrected chi connectivity index (χ3v) is 4.33. The SMILES string of the molecule is CCc1ccccc1NC(=O)CCCC(=O)OCC(=O)Nc1ccccc1C(F)(F)F. The molecule has 166 valence electrons. The molecule has 0 aliphatic heterocycles. The van der Waals surface area contributed by atoms with Gasteiger partial charge >= 0.3 is 12.1 Å². The zero-order valence-electron chi connectivity index (χ0n) is 16.9. The maximum Gasteiger partial charge on any atom is 0.418 e. The number of anilines is 2. The van der Waals surface area contributed by atoms with E-state index >= 15 is 0 Å². The molecule has 0 fully saturated rings. The van der Waals surface area contributed by atoms with Gasteiger partial charge in [-0.25, -0.2) is 0 Å². The van der Waals surface area contributed by atoms with E-state index in [1.165, 1.54) is 12.1 Å². The zero-order chi connectivity index (χ0) is 22.9. The average Bonchev–Trinajstić information content (AvgIpc) is 2.72. The molecule has 0 aromatic heterocycles. The summed E-state index contributed by atoms with van der Waals surface area (Å²) in [7, 11) is 0. The van der Waals surface area contributed by atoms with Crippen LogP contribution < -0.4 is 10.6 Å². The second kappa shape index (κ2) is 11.1. The summed E-state index contributed by atoms with van der Waals surface area (Å²) in [5.41, 5.74) is 0.298. The van der Waals surface area contributed by atoms with Crippen LogP contribution in [-0.4, -0.2) is 24.4 Å². The summed E-state index contributed by atoms with van der Waals surface area (Å²) < 4.78 is 43.6. The van der Waals surface area contributed by atoms with E-state index < -0.39 is 35.9 Å². The van der Waals surface area contributed by atoms with Crippen molar-refractivity contribution in [3.63, 3.8) is 0 Å². The first kappa shape index (κ1) is 23.9. The van der Waals surface area contributed by atoms with Crippen molar-refractivity contribution in [3.8, 4) is 0 Å². The molecule has 2 aromatic carbocycles. The number of esters is 1. The van der Waals surface area contributed by atoms with Gasteiger partial charge in [0.2, 0.25) is 5.91 Å². The fourth-order valence-corrected chi connectivity index (χ4v) is 2.80. The molecule has 2 amide bonds. The molecule has 0 saturated carbocycles. The predicted molar refractivity (Wildman–Crippen MR) is 109 cm³/mol. The highest BCUT2D eigenvalue weighted by atomic mass is 19.4. The van der Waals surface area contributed by atoms with Crippen LogP contribution in [-0.2, 0) is 31.7 Å². The van der Waals surface area contributed by atoms with Crippen molar-refractivity contribution in [2.75, 3.05) is 17.2 Å². The van der Waals surface area contributed by atoms with Crippen LogP contribution in [0.3, 0.4) is 0 Å². The molecule has 0 spiro atoms. The largest absolute Gasteiger partial charge is 0.456 e. The number of carbonyl (C=O) groups excluding carboxylic acids is 3. The smallest absolute Gasteiger partial charge is 0.418 e. The number of hydrogen-bond acceptors (Lipinski definition) is 4. The lowest BCUT2D eigenvalue weighted by atomic mass is 10.1. The second-order valence-corrected chi connectivity index (χ2v) is 6.66. The van der Waals surface area contributed by atoms with E-state index in [9.17, 15) is 27.6 Å². The molecular formula is C22H23F3N2O4. The maximum atomic E-state index is 12.9. The highest BCUT2D eigenvalue weighted by Gasteiger charge is 2.33. The van der Waals surface area contributed by atoms with E-state index in [0.29, 0.717) is 5.69 Å². The number of hydrogen-bond donors (Lipinski definition) is 2. The zero-order valence-corrected chi connectivity index (χ0v) is 16.9. The average molecular weight is 436 g/mol. The van der Waals surface area contributed by atoms with Gasteiger partial charge in [-0.3, -0.25) is 14.4 Å². The Kier molecular flexibility index (Phi) is 8.60. The summed E-state index contributed by atoms with van der Waals surface area (Å²) in [4.78, 5) is 35.6. The van der Waals surface area contributed by atoms with Gasteiger partial charge in [0, 0.05) is 18.5 Å². The van der Waals surface area contributed by atoms with Gasteiger partial charge in [0.15, 0.2) is 6.61 Å². The molecule has 0 saturated heterocycles. The Labute approximate surface area is 177 Å². The number of para-hydroxylation sites is 2. The number of halogens is 3. The summed E-state index contributed by atoms with van der Waals surface area (Å²) in [6, 6.07) is 11.9. The third-order valence-electron chi connectivity index (χ3n) is 4.33. The number of ether oxygens (including phenoxy) is 1. The lowest BCUT2D eigenvalue weighted by molar-refractivity contribution is -0.147. The maximum absolute atomic E-state index is 12.9. The Bertz CT molecular complexity index is 929. The molecular weight excluding hydrogens is 413 g/mol. The molecule has 2 aromatic rings. The Morgan fingerprint density at radius 3 is 2.16 bits per heavy atom. The first-order chi connectivity index (χ1) is 14.7. The van der Waals surface area contributed by atoms with Crippen LogP contribution in [0.5, 0.6) is 0 Å². The normalized spacial score (nSPS) is 11.0. The highest BCUT2D eigenvalue weighted by molar-refractivity contribution is 5.94. The predicted octanol–water partition coefficient (Wildman–Crippen LogP) is 4.56. The minimum atomic E-state index is -4.63. The van der Waals surface area contributed by atoms with Crippen molar-refractivity contribution >= 4 is 29.2 Å². The van der Waals surface area contributed by atoms with Gasteiger partial charge in [-0.05, 0) is 36.6 Å². The molecule has 0 heterocycles. The third kappa shape index (κ3) is 7.76. The highest BCUT2D eigenvalue weighted by Crippen LogP contribution is 2.34. The number of benzene rings is 2. The lowest BCUT2D eigenvalue weighted by Crippen LogP contribution is -2.22. The topological polar surface area (TPSA) is 84.5 Å². The van der Waals surface area contributed by atoms with Gasteiger partial charge < -0.3 is 15.4 Å². The van der Waals surface area contributed by atoms with E-state index in [4.69, 9.17) is 4.74 Å². The molecule has 2 N–H and O–H groups in total. The minimum absolute atomic E-state index is 0.0816. The van der Waals surface area contributed by atoms with Crippen LogP contribution in [0.2, 0.25) is 0 Å². The van der Waals surface area contributed by atoms with Crippen LogP contribution in [0.1, 0.15) is 37.3 Å². The molecule has 6 nitrogen and oxygen atoms in total. The molecule has 0 unspecified atom stereocenters. The van der Waals surface area contributed by atoms with Gasteiger partial charge in [-0.2, -0.15) is 13.2 Å². The number of aryl methyl sites for hydroxylation is 1. The molecule has 2 rings (SSSR count). The van der Waals surface area contributed by atoms with Crippen LogP contribution in [0.25, 0.3) is 0 Å². The van der Waals surface area contributed by atoms with Gasteiger partial charge in [0.1, 0.15) is 0 Å². The minimum Gasteiger partial charge on any atom is -0.456 e. The van der Waals surface area contributed by atoms with E-state index in [1.54, 1.807) is 6.07 Å². The Morgan fingerprint density at radius 1 is 0.871 bits per heavy atom. The van der Waals surface area contributed by atoms with Crippen molar-refractivity contribution < 1.29 is 32.3 Å². The molecule has 0 aliphatic carbocycles. The summed E-state index contributed by atoms with van der Waals surface area (Å²) in [5, 5.41) is 4.87. The first-order valence-corrected chi connectivity index (χ1v) is 9.70. The van der Waals surface area contributed by atoms with E-state index in [-0.39, 0.29) is 25.2 Å². The van der Waals surface area contributed by atoms with Crippen molar-refractivity contribution in [1.82, 2.24) is 0 Å². The quantitative estimate of drug-likeness (QED) is 0.565. The number of rotatable bonds is 9. The second-order valence-electron chi connectivity index (χ2n) is 6.66. The van der Waals surface area contributed by atoms with Crippen molar-refractivity contribution in [2.24, 2.45) is 0 Å². The van der Waals surface area contributed by atoms with E-state index in [2.05, 4.69) is 10.6 Å². The van der Waals surface area contributed by atoms with Gasteiger partial charge in [-0.15, -0.1) is 0 Å². The van der Waals surface area contributed by atoms with Gasteiger partial charge in [-0.1, -0.05) is 37.3 Å². The molecule has 31 heavy (non-hydrogen) atoms. The fourth-order valence-electron chi connectivity index (χ4n) is 2.80. The Morgan fingerprint density at radius 2 is 1.48 bits per heavy atom. The van der Waals surface area contributed by atoms with E-state index in [0.717, 1.165) is 24.1 Å². The monoisotopic (exact) mass is 436 g/mol. The Balaban J connectivity index is 1.72. The van der Waals surface area contributed by atoms with Crippen LogP contribution in [0, 0.1) is 0 Å². The molecule has 0 aliphatic rings. The van der Waals surface area contributed by atoms with Crippen LogP contribution >= 0.6 is 0 Å². The van der Waals surface area contributed by atoms with Crippen molar-refractivity contribution in [2.45, 2.75) is 38.8 Å². The number of carbonyl (C=O) groups is 3. The molecule has 0 atom stereocenters. The number of alkyl halides is 3. The standard InChI is InChI=1S/C22H23F3N2O4/c1-2-15-8-3-5-10-17(15)26-19(28)12-7-13-21(30)31-14-20(29)27-18-11-6-4-9-16(18)22(23,24)25/h3-6,8-11H,2,7,12-14H2,1H3,(H,26,28)(H,27,29). The number of amides is 2. The van der Waals surface area contributed by atoms with Gasteiger partial charge in [0.25, 0.3) is 5.91 Å². The molecule has 0 radical (unpaired) electrons. The van der Waals surface area contributed by atoms with Crippen LogP contribution in [0.15, 0.2) is 48.5 Å². The summed E-state index contributed by atoms with van der Waals surface area (Å²) in [6.07, 6.45) is -3.68. The summed E-state index contributed by atoms with van der Waals surface area (Å²) in [5.74, 6) is -1.87. The van der Waals surface area contributed by atoms with E-state index in [1.807, 2.05) is 25.1 Å². The Hall–Kier alpha value is -3.36. The van der Waals surface area contributed by atoms with Crippen molar-refractivity contribution in [1.29, 1.82) is 0 Å². The fraction of sp³-hybridized carbons (Fsp3) is 0.318. The van der Waals surface area contributed by atoms with Crippen LogP contribution in [0.4, 0.5) is 24.5 Å².